The third-order valence-corrected chi connectivity index (χ3v) is 6.89. The summed E-state index contributed by atoms with van der Waals surface area (Å²) in [4.78, 5) is 0. The zero-order valence-corrected chi connectivity index (χ0v) is 20.6. The van der Waals surface area contributed by atoms with Crippen LogP contribution in [0.4, 0.5) is 0 Å². The van der Waals surface area contributed by atoms with Gasteiger partial charge in [0.1, 0.15) is 0 Å². The lowest BCUT2D eigenvalue weighted by atomic mass is 9.70. The van der Waals surface area contributed by atoms with E-state index < -0.39 is 0 Å². The Morgan fingerprint density at radius 1 is 0.485 bits per heavy atom. The highest BCUT2D eigenvalue weighted by molar-refractivity contribution is 5.90. The van der Waals surface area contributed by atoms with Gasteiger partial charge in [-0.25, -0.2) is 0 Å². The molecule has 0 heterocycles. The van der Waals surface area contributed by atoms with Crippen LogP contribution in [0, 0.1) is 41.5 Å². The lowest BCUT2D eigenvalue weighted by molar-refractivity contribution is 0.788. The summed E-state index contributed by atoms with van der Waals surface area (Å²) < 4.78 is 0. The number of fused-ring (bicyclic) bond motifs is 1. The first-order valence-electron chi connectivity index (χ1n) is 11.9. The summed E-state index contributed by atoms with van der Waals surface area (Å²) in [6.07, 6.45) is 2.54. The monoisotopic (exact) mass is 428 g/mol. The minimum atomic E-state index is -0.322. The fourth-order valence-electron chi connectivity index (χ4n) is 5.85. The van der Waals surface area contributed by atoms with Crippen molar-refractivity contribution in [3.05, 3.63) is 146 Å². The Balaban J connectivity index is 1.92. The third-order valence-electron chi connectivity index (χ3n) is 6.89. The minimum Gasteiger partial charge on any atom is -0.0619 e. The van der Waals surface area contributed by atoms with Crippen molar-refractivity contribution in [3.63, 3.8) is 0 Å². The highest BCUT2D eigenvalue weighted by Crippen LogP contribution is 2.51. The Morgan fingerprint density at radius 2 is 0.909 bits per heavy atom. The highest BCUT2D eigenvalue weighted by Gasteiger charge is 2.42. The largest absolute Gasteiger partial charge is 0.0647 e. The van der Waals surface area contributed by atoms with Crippen molar-refractivity contribution in [1.29, 1.82) is 0 Å². The molecule has 5 rings (SSSR count). The second-order valence-electron chi connectivity index (χ2n) is 10.0. The topological polar surface area (TPSA) is 0 Å². The molecule has 4 aromatic rings. The molecule has 0 atom stereocenters. The molecule has 33 heavy (non-hydrogen) atoms. The molecule has 0 amide bonds. The van der Waals surface area contributed by atoms with Crippen LogP contribution in [-0.2, 0) is 5.41 Å². The van der Waals surface area contributed by atoms with Gasteiger partial charge >= 0.3 is 0 Å². The first-order chi connectivity index (χ1) is 15.8. The van der Waals surface area contributed by atoms with E-state index in [1.54, 1.807) is 0 Å². The molecule has 4 aromatic carbocycles. The molecule has 1 aliphatic rings. The predicted molar refractivity (Wildman–Crippen MR) is 141 cm³/mol. The van der Waals surface area contributed by atoms with E-state index in [0.29, 0.717) is 0 Å². The van der Waals surface area contributed by atoms with Crippen LogP contribution < -0.4 is 0 Å². The predicted octanol–water partition coefficient (Wildman–Crippen LogP) is 8.32. The molecule has 0 heteroatoms. The third kappa shape index (κ3) is 3.64. The molecule has 0 bridgehead atoms. The maximum absolute atomic E-state index is 2.54. The van der Waals surface area contributed by atoms with Gasteiger partial charge in [-0.3, -0.25) is 0 Å². The van der Waals surface area contributed by atoms with Crippen molar-refractivity contribution in [3.8, 4) is 0 Å². The quantitative estimate of drug-likeness (QED) is 0.308. The number of benzene rings is 4. The van der Waals surface area contributed by atoms with E-state index in [0.717, 1.165) is 0 Å². The Labute approximate surface area is 198 Å². The number of hydrogen-bond donors (Lipinski definition) is 0. The number of hydrogen-bond acceptors (Lipinski definition) is 0. The molecule has 0 aliphatic heterocycles. The lowest BCUT2D eigenvalue weighted by Gasteiger charge is -2.32. The van der Waals surface area contributed by atoms with Crippen LogP contribution in [0.2, 0.25) is 0 Å². The van der Waals surface area contributed by atoms with Crippen LogP contribution >= 0.6 is 0 Å². The van der Waals surface area contributed by atoms with E-state index in [-0.39, 0.29) is 5.41 Å². The fraction of sp³-hybridized carbons (Fsp3) is 0.212. The van der Waals surface area contributed by atoms with E-state index in [9.17, 15) is 0 Å². The van der Waals surface area contributed by atoms with E-state index in [1.165, 1.54) is 66.8 Å². The number of aryl methyl sites for hydroxylation is 6. The second-order valence-corrected chi connectivity index (χ2v) is 10.0. The Kier molecular flexibility index (Phi) is 5.13. The molecule has 0 spiro atoms. The average Bonchev–Trinajstić information content (AvgIpc) is 3.08. The number of allylic oxidation sites excluding steroid dienone is 1. The van der Waals surface area contributed by atoms with Crippen LogP contribution in [0.25, 0.3) is 5.57 Å². The van der Waals surface area contributed by atoms with Crippen LogP contribution in [0.1, 0.15) is 61.2 Å². The van der Waals surface area contributed by atoms with Gasteiger partial charge in [-0.2, -0.15) is 0 Å². The van der Waals surface area contributed by atoms with Crippen molar-refractivity contribution in [1.82, 2.24) is 0 Å². The normalized spacial score (nSPS) is 14.2. The van der Waals surface area contributed by atoms with E-state index in [4.69, 9.17) is 0 Å². The molecule has 0 saturated heterocycles. The van der Waals surface area contributed by atoms with Crippen LogP contribution in [0.3, 0.4) is 0 Å². The number of rotatable bonds is 3. The van der Waals surface area contributed by atoms with Crippen molar-refractivity contribution in [2.45, 2.75) is 47.0 Å². The van der Waals surface area contributed by atoms with Crippen molar-refractivity contribution in [2.24, 2.45) is 0 Å². The first kappa shape index (κ1) is 21.5. The van der Waals surface area contributed by atoms with Gasteiger partial charge in [-0.15, -0.1) is 0 Å². The summed E-state index contributed by atoms with van der Waals surface area (Å²) in [6.45, 7) is 13.2. The molecular formula is C33H32. The second kappa shape index (κ2) is 7.89. The first-order valence-corrected chi connectivity index (χ1v) is 11.9. The molecule has 0 radical (unpaired) electrons. The molecule has 0 fully saturated rings. The van der Waals surface area contributed by atoms with Gasteiger partial charge in [-0.05, 0) is 74.9 Å². The molecule has 0 saturated carbocycles. The van der Waals surface area contributed by atoms with Crippen LogP contribution in [0.15, 0.2) is 84.9 Å². The summed E-state index contributed by atoms with van der Waals surface area (Å²) in [5.74, 6) is 0. The van der Waals surface area contributed by atoms with Gasteiger partial charge in [0.2, 0.25) is 0 Å². The van der Waals surface area contributed by atoms with E-state index in [1.807, 2.05) is 0 Å². The highest BCUT2D eigenvalue weighted by atomic mass is 14.4. The Bertz CT molecular complexity index is 1300. The van der Waals surface area contributed by atoms with Gasteiger partial charge in [0, 0.05) is 0 Å². The molecule has 0 nitrogen and oxygen atoms in total. The fourth-order valence-corrected chi connectivity index (χ4v) is 5.85. The van der Waals surface area contributed by atoms with Gasteiger partial charge in [0.15, 0.2) is 0 Å². The maximum Gasteiger partial charge on any atom is 0.0647 e. The van der Waals surface area contributed by atoms with Crippen molar-refractivity contribution < 1.29 is 0 Å². The smallest absolute Gasteiger partial charge is 0.0619 e. The minimum absolute atomic E-state index is 0.322. The summed E-state index contributed by atoms with van der Waals surface area (Å²) in [7, 11) is 0. The van der Waals surface area contributed by atoms with Crippen LogP contribution in [0.5, 0.6) is 0 Å². The molecule has 0 unspecified atom stereocenters. The van der Waals surface area contributed by atoms with Gasteiger partial charge < -0.3 is 0 Å². The Morgan fingerprint density at radius 3 is 1.39 bits per heavy atom. The van der Waals surface area contributed by atoms with E-state index in [2.05, 4.69) is 126 Å². The summed E-state index contributed by atoms with van der Waals surface area (Å²) in [5, 5.41) is 0. The average molecular weight is 429 g/mol. The van der Waals surface area contributed by atoms with Gasteiger partial charge in [0.05, 0.1) is 5.41 Å². The molecule has 1 aliphatic carbocycles. The van der Waals surface area contributed by atoms with Gasteiger partial charge in [-0.1, -0.05) is 118 Å². The SMILES string of the molecule is Cc1cc(C)cc(C2=CC(c3cc(C)cc(C)c3)(c3cc(C)cc(C)c3)c3ccccc32)c1. The van der Waals surface area contributed by atoms with Gasteiger partial charge in [0.25, 0.3) is 0 Å². The summed E-state index contributed by atoms with van der Waals surface area (Å²) >= 11 is 0. The molecular weight excluding hydrogens is 396 g/mol. The molecule has 164 valence electrons. The lowest BCUT2D eigenvalue weighted by Crippen LogP contribution is -2.26. The zero-order chi connectivity index (χ0) is 23.3. The molecule has 0 aromatic heterocycles. The standard InChI is InChI=1S/C33H32/c1-21-11-22(2)15-27(14-21)31-20-33(32-10-8-7-9-30(31)32,28-16-23(3)12-24(4)17-28)29-18-25(5)13-26(6)19-29/h7-20H,1-6H3. The van der Waals surface area contributed by atoms with E-state index >= 15 is 0 Å². The summed E-state index contributed by atoms with van der Waals surface area (Å²) in [5.41, 5.74) is 15.5. The maximum atomic E-state index is 2.54. The Hall–Kier alpha value is -3.38. The molecule has 0 N–H and O–H groups in total. The van der Waals surface area contributed by atoms with Crippen LogP contribution in [-0.4, -0.2) is 0 Å². The van der Waals surface area contributed by atoms with Crippen molar-refractivity contribution in [2.75, 3.05) is 0 Å². The summed E-state index contributed by atoms with van der Waals surface area (Å²) in [6, 6.07) is 30.0. The zero-order valence-electron chi connectivity index (χ0n) is 20.6. The van der Waals surface area contributed by atoms with Crippen molar-refractivity contribution >= 4 is 5.57 Å².